The maximum absolute atomic E-state index is 12.7. The number of nitrogens with zero attached hydrogens (tertiary/aromatic N) is 3. The van der Waals surface area contributed by atoms with Crippen LogP contribution in [0.3, 0.4) is 0 Å². The zero-order valence-corrected chi connectivity index (χ0v) is 20.4. The summed E-state index contributed by atoms with van der Waals surface area (Å²) in [5.41, 5.74) is 2.11. The van der Waals surface area contributed by atoms with Crippen LogP contribution in [0, 0.1) is 5.92 Å². The molecule has 0 spiro atoms. The molecular formula is C28H34N4O3. The van der Waals surface area contributed by atoms with Crippen LogP contribution >= 0.6 is 0 Å². The first kappa shape index (κ1) is 24.6. The molecule has 1 amide bonds. The van der Waals surface area contributed by atoms with Crippen molar-refractivity contribution in [1.29, 1.82) is 0 Å². The number of H-pyrrole nitrogens is 1. The van der Waals surface area contributed by atoms with Gasteiger partial charge in [-0.3, -0.25) is 9.59 Å². The highest BCUT2D eigenvalue weighted by molar-refractivity contribution is 5.76. The van der Waals surface area contributed by atoms with Gasteiger partial charge in [-0.2, -0.15) is 0 Å². The van der Waals surface area contributed by atoms with Gasteiger partial charge < -0.3 is 14.6 Å². The van der Waals surface area contributed by atoms with Crippen LogP contribution in [0.2, 0.25) is 0 Å². The second-order valence-corrected chi connectivity index (χ2v) is 9.19. The van der Waals surface area contributed by atoms with Crippen molar-refractivity contribution in [1.82, 2.24) is 20.1 Å². The molecular weight excluding hydrogens is 440 g/mol. The largest absolute Gasteiger partial charge is 0.494 e. The number of carbonyl (C=O) groups excluding carboxylic acids is 1. The number of amides is 1. The van der Waals surface area contributed by atoms with Gasteiger partial charge in [0.15, 0.2) is 5.82 Å². The average Bonchev–Trinajstić information content (AvgIpc) is 2.89. The Morgan fingerprint density at radius 2 is 1.80 bits per heavy atom. The maximum Gasteiger partial charge on any atom is 0.273 e. The molecule has 1 saturated heterocycles. The number of rotatable bonds is 10. The van der Waals surface area contributed by atoms with Gasteiger partial charge in [0.25, 0.3) is 5.56 Å². The van der Waals surface area contributed by atoms with E-state index >= 15 is 0 Å². The van der Waals surface area contributed by atoms with E-state index in [4.69, 9.17) is 4.74 Å². The summed E-state index contributed by atoms with van der Waals surface area (Å²) in [6.45, 7) is 4.35. The highest BCUT2D eigenvalue weighted by Gasteiger charge is 2.23. The lowest BCUT2D eigenvalue weighted by molar-refractivity contribution is -0.132. The Morgan fingerprint density at radius 3 is 2.49 bits per heavy atom. The molecule has 0 radical (unpaired) electrons. The fourth-order valence-electron chi connectivity index (χ4n) is 4.41. The van der Waals surface area contributed by atoms with Crippen molar-refractivity contribution in [3.05, 3.63) is 76.2 Å². The van der Waals surface area contributed by atoms with E-state index in [0.717, 1.165) is 56.5 Å². The summed E-state index contributed by atoms with van der Waals surface area (Å²) in [6, 6.07) is 17.9. The molecule has 35 heavy (non-hydrogen) atoms. The zero-order chi connectivity index (χ0) is 24.5. The van der Waals surface area contributed by atoms with Gasteiger partial charge in [-0.15, -0.1) is 10.2 Å². The fourth-order valence-corrected chi connectivity index (χ4v) is 4.41. The van der Waals surface area contributed by atoms with E-state index in [1.807, 2.05) is 35.2 Å². The summed E-state index contributed by atoms with van der Waals surface area (Å²) in [5.74, 6) is 1.88. The van der Waals surface area contributed by atoms with Gasteiger partial charge >= 0.3 is 0 Å². The number of carbonyl (C=O) groups is 1. The van der Waals surface area contributed by atoms with Gasteiger partial charge in [0.2, 0.25) is 5.91 Å². The van der Waals surface area contributed by atoms with E-state index < -0.39 is 0 Å². The van der Waals surface area contributed by atoms with Gasteiger partial charge in [0, 0.05) is 31.5 Å². The Bertz CT molecular complexity index is 1140. The number of aromatic nitrogens is 3. The van der Waals surface area contributed by atoms with Crippen molar-refractivity contribution < 1.29 is 9.53 Å². The Labute approximate surface area is 206 Å². The van der Waals surface area contributed by atoms with Crippen molar-refractivity contribution >= 4 is 5.91 Å². The van der Waals surface area contributed by atoms with E-state index in [0.29, 0.717) is 24.0 Å². The van der Waals surface area contributed by atoms with Crippen LogP contribution in [0.1, 0.15) is 50.3 Å². The molecule has 1 aliphatic heterocycles. The van der Waals surface area contributed by atoms with Crippen LogP contribution in [0.5, 0.6) is 5.75 Å². The third-order valence-corrected chi connectivity index (χ3v) is 6.57. The SMILES string of the molecule is CCCCOc1ccc(-c2nnc(CCC(=O)N3CCC(Cc4ccccc4)CC3)c(=O)[nH]2)cc1. The number of piperidine rings is 1. The highest BCUT2D eigenvalue weighted by atomic mass is 16.5. The molecule has 0 bridgehead atoms. The van der Waals surface area contributed by atoms with Gasteiger partial charge in [-0.25, -0.2) is 0 Å². The lowest BCUT2D eigenvalue weighted by Gasteiger charge is -2.32. The van der Waals surface area contributed by atoms with E-state index in [9.17, 15) is 9.59 Å². The van der Waals surface area contributed by atoms with Crippen molar-refractivity contribution in [2.75, 3.05) is 19.7 Å². The topological polar surface area (TPSA) is 88.2 Å². The molecule has 1 aromatic heterocycles. The molecule has 0 aliphatic carbocycles. The Kier molecular flexibility index (Phi) is 8.65. The number of aryl methyl sites for hydroxylation is 1. The molecule has 7 nitrogen and oxygen atoms in total. The van der Waals surface area contributed by atoms with Crippen molar-refractivity contribution in [2.24, 2.45) is 5.92 Å². The van der Waals surface area contributed by atoms with Crippen LogP contribution in [0.25, 0.3) is 11.4 Å². The first-order valence-corrected chi connectivity index (χ1v) is 12.6. The standard InChI is InChI=1S/C28H34N4O3/c1-2-3-19-35-24-11-9-23(10-12-24)27-29-28(34)25(30-31-27)13-14-26(33)32-17-15-22(16-18-32)20-21-7-5-4-6-8-21/h4-12,22H,2-3,13-20H2,1H3,(H,29,31,34). The van der Waals surface area contributed by atoms with Gasteiger partial charge in [-0.1, -0.05) is 43.7 Å². The molecule has 0 atom stereocenters. The molecule has 0 unspecified atom stereocenters. The first-order chi connectivity index (χ1) is 17.1. The highest BCUT2D eigenvalue weighted by Crippen LogP contribution is 2.22. The molecule has 184 valence electrons. The maximum atomic E-state index is 12.7. The van der Waals surface area contributed by atoms with E-state index in [1.54, 1.807) is 0 Å². The zero-order valence-electron chi connectivity index (χ0n) is 20.4. The third-order valence-electron chi connectivity index (χ3n) is 6.57. The molecule has 1 N–H and O–H groups in total. The Morgan fingerprint density at radius 1 is 1.06 bits per heavy atom. The minimum Gasteiger partial charge on any atom is -0.494 e. The second kappa shape index (κ2) is 12.3. The molecule has 0 saturated carbocycles. The average molecular weight is 475 g/mol. The van der Waals surface area contributed by atoms with E-state index in [1.165, 1.54) is 5.56 Å². The summed E-state index contributed by atoms with van der Waals surface area (Å²) in [7, 11) is 0. The summed E-state index contributed by atoms with van der Waals surface area (Å²) in [5, 5.41) is 8.30. The molecule has 7 heteroatoms. The van der Waals surface area contributed by atoms with E-state index in [2.05, 4.69) is 46.4 Å². The quantitative estimate of drug-likeness (QED) is 0.439. The number of hydrogen-bond acceptors (Lipinski definition) is 5. The Hall–Kier alpha value is -3.48. The second-order valence-electron chi connectivity index (χ2n) is 9.19. The van der Waals surface area contributed by atoms with Crippen LogP contribution in [-0.2, 0) is 17.6 Å². The molecule has 1 fully saturated rings. The number of likely N-dealkylation sites (tertiary alicyclic amines) is 1. The number of aromatic amines is 1. The van der Waals surface area contributed by atoms with Crippen LogP contribution < -0.4 is 10.3 Å². The summed E-state index contributed by atoms with van der Waals surface area (Å²) < 4.78 is 5.67. The van der Waals surface area contributed by atoms with Gasteiger partial charge in [0.05, 0.1) is 6.61 Å². The first-order valence-electron chi connectivity index (χ1n) is 12.6. The summed E-state index contributed by atoms with van der Waals surface area (Å²) >= 11 is 0. The normalized spacial score (nSPS) is 14.1. The lowest BCUT2D eigenvalue weighted by Crippen LogP contribution is -2.39. The number of nitrogens with one attached hydrogen (secondary N) is 1. The predicted octanol–water partition coefficient (Wildman–Crippen LogP) is 4.42. The Balaban J connectivity index is 1.25. The number of benzene rings is 2. The summed E-state index contributed by atoms with van der Waals surface area (Å²) in [6.07, 6.45) is 5.74. The van der Waals surface area contributed by atoms with E-state index in [-0.39, 0.29) is 24.3 Å². The van der Waals surface area contributed by atoms with Crippen molar-refractivity contribution in [3.63, 3.8) is 0 Å². The van der Waals surface area contributed by atoms with Crippen LogP contribution in [0.4, 0.5) is 0 Å². The minimum atomic E-state index is -0.298. The molecule has 1 aliphatic rings. The monoisotopic (exact) mass is 474 g/mol. The lowest BCUT2D eigenvalue weighted by atomic mass is 9.90. The van der Waals surface area contributed by atoms with Crippen molar-refractivity contribution in [2.45, 2.75) is 51.9 Å². The molecule has 3 aromatic rings. The minimum absolute atomic E-state index is 0.0760. The van der Waals surface area contributed by atoms with Crippen molar-refractivity contribution in [3.8, 4) is 17.1 Å². The molecule has 2 heterocycles. The number of unbranched alkanes of at least 4 members (excludes halogenated alkanes) is 1. The smallest absolute Gasteiger partial charge is 0.273 e. The number of hydrogen-bond donors (Lipinski definition) is 1. The van der Waals surface area contributed by atoms with Gasteiger partial charge in [-0.05, 0) is 61.4 Å². The van der Waals surface area contributed by atoms with Gasteiger partial charge in [0.1, 0.15) is 11.4 Å². The third kappa shape index (κ3) is 7.01. The summed E-state index contributed by atoms with van der Waals surface area (Å²) in [4.78, 5) is 30.0. The molecule has 2 aromatic carbocycles. The number of ether oxygens (including phenoxy) is 1. The van der Waals surface area contributed by atoms with Crippen LogP contribution in [-0.4, -0.2) is 45.7 Å². The molecule has 4 rings (SSSR count). The van der Waals surface area contributed by atoms with Crippen LogP contribution in [0.15, 0.2) is 59.4 Å². The predicted molar refractivity (Wildman–Crippen MR) is 136 cm³/mol. The fraction of sp³-hybridized carbons (Fsp3) is 0.429.